The van der Waals surface area contributed by atoms with Gasteiger partial charge in [-0.05, 0) is 81.9 Å². The minimum Gasteiger partial charge on any atom is -0.395 e. The van der Waals surface area contributed by atoms with Crippen molar-refractivity contribution in [1.29, 1.82) is 0 Å². The van der Waals surface area contributed by atoms with E-state index in [4.69, 9.17) is 23.2 Å². The van der Waals surface area contributed by atoms with Crippen molar-refractivity contribution in [3.05, 3.63) is 116 Å². The summed E-state index contributed by atoms with van der Waals surface area (Å²) in [5.41, 5.74) is 8.88. The highest BCUT2D eigenvalue weighted by Gasteiger charge is 2.42. The number of ketones is 1. The van der Waals surface area contributed by atoms with E-state index < -0.39 is 23.7 Å². The third kappa shape index (κ3) is 7.87. The van der Waals surface area contributed by atoms with E-state index in [1.807, 2.05) is 24.3 Å². The number of carbonyl (C=O) groups excluding carboxylic acids is 1. The Labute approximate surface area is 368 Å². The average molecular weight is 884 g/mol. The summed E-state index contributed by atoms with van der Waals surface area (Å²) < 4.78 is 31.3. The molecule has 4 aliphatic heterocycles. The molecule has 0 saturated carbocycles. The summed E-state index contributed by atoms with van der Waals surface area (Å²) in [5.74, 6) is -1.33. The van der Waals surface area contributed by atoms with Gasteiger partial charge in [0, 0.05) is 136 Å². The number of hydrogen-bond donors (Lipinski definition) is 6. The molecule has 0 bridgehead atoms. The number of aliphatic hydroxyl groups excluding tert-OH is 2. The summed E-state index contributed by atoms with van der Waals surface area (Å²) in [6, 6.07) is 17.7. The first-order chi connectivity index (χ1) is 30.1. The molecule has 6 N–H and O–H groups in total. The molecule has 4 aromatic carbocycles. The Bertz CT molecular complexity index is 2490. The zero-order valence-corrected chi connectivity index (χ0v) is 35.9. The number of nitrogens with zero attached hydrogens (tertiary/aromatic N) is 4. The highest BCUT2D eigenvalue weighted by Crippen LogP contribution is 2.46. The lowest BCUT2D eigenvalue weighted by atomic mass is 9.87. The molecule has 2 fully saturated rings. The van der Waals surface area contributed by atoms with E-state index >= 15 is 8.78 Å². The quantitative estimate of drug-likeness (QED) is 0.0836. The van der Waals surface area contributed by atoms with Crippen LogP contribution in [0.2, 0.25) is 10.0 Å². The summed E-state index contributed by atoms with van der Waals surface area (Å²) in [5, 5.41) is 27.3. The Balaban J connectivity index is 0.937. The standard InChI is InChI=1S/C47H50Cl2F2N8O3/c48-43-33-23-52-45(41(33)31(21-35(43)50)39-19-29-17-27(1-3-37(29)54-39)25-58-9-5-56(6-10-58)13-15-60)47(62)46-42-32(22-36(51)44(49)34(42)24-53-46)40-20-30-18-28(2-4-38(30)55-40)26-59-11-7-57(8-12-59)14-16-61/h1-4,17-22,45-46,52-55,60-61H,5-16,23-26H2. The Morgan fingerprint density at radius 1 is 0.597 bits per heavy atom. The smallest absolute Gasteiger partial charge is 0.175 e. The van der Waals surface area contributed by atoms with Gasteiger partial charge >= 0.3 is 0 Å². The van der Waals surface area contributed by atoms with E-state index in [2.05, 4.69) is 64.5 Å². The number of benzene rings is 4. The van der Waals surface area contributed by atoms with Gasteiger partial charge in [0.2, 0.25) is 0 Å². The second-order valence-electron chi connectivity index (χ2n) is 17.1. The minimum atomic E-state index is -0.847. The first-order valence-electron chi connectivity index (χ1n) is 21.5. The number of H-pyrrole nitrogens is 2. The van der Waals surface area contributed by atoms with Crippen LogP contribution in [-0.4, -0.2) is 124 Å². The van der Waals surface area contributed by atoms with Crippen molar-refractivity contribution in [1.82, 2.24) is 40.2 Å². The topological polar surface area (TPSA) is 126 Å². The monoisotopic (exact) mass is 882 g/mol. The number of aromatic amines is 2. The molecule has 62 heavy (non-hydrogen) atoms. The van der Waals surface area contributed by atoms with Crippen molar-refractivity contribution in [2.45, 2.75) is 38.3 Å². The van der Waals surface area contributed by atoms with Crippen molar-refractivity contribution in [2.75, 3.05) is 78.7 Å². The fourth-order valence-corrected chi connectivity index (χ4v) is 10.5. The van der Waals surface area contributed by atoms with E-state index in [0.29, 0.717) is 57.9 Å². The van der Waals surface area contributed by atoms with Gasteiger partial charge in [0.25, 0.3) is 0 Å². The number of halogens is 4. The molecular weight excluding hydrogens is 833 g/mol. The van der Waals surface area contributed by atoms with Gasteiger partial charge in [-0.1, -0.05) is 35.3 Å². The van der Waals surface area contributed by atoms with E-state index in [9.17, 15) is 15.0 Å². The third-order valence-electron chi connectivity index (χ3n) is 13.4. The molecule has 6 heterocycles. The Morgan fingerprint density at radius 3 is 1.40 bits per heavy atom. The number of hydrogen-bond acceptors (Lipinski definition) is 9. The zero-order chi connectivity index (χ0) is 42.6. The van der Waals surface area contributed by atoms with E-state index in [0.717, 1.165) is 98.4 Å². The Morgan fingerprint density at radius 2 is 1.00 bits per heavy atom. The van der Waals surface area contributed by atoms with Crippen LogP contribution in [0.3, 0.4) is 0 Å². The van der Waals surface area contributed by atoms with Gasteiger partial charge in [-0.3, -0.25) is 35.0 Å². The molecule has 15 heteroatoms. The fraction of sp³-hybridized carbons (Fsp3) is 0.383. The normalized spacial score (nSPS) is 20.2. The van der Waals surface area contributed by atoms with E-state index in [-0.39, 0.29) is 42.1 Å². The van der Waals surface area contributed by atoms with Crippen molar-refractivity contribution >= 4 is 50.8 Å². The molecule has 6 aromatic rings. The van der Waals surface area contributed by atoms with Crippen LogP contribution in [0.25, 0.3) is 44.3 Å². The molecule has 0 amide bonds. The largest absolute Gasteiger partial charge is 0.395 e. The first kappa shape index (κ1) is 41.7. The molecular formula is C47H50Cl2F2N8O3. The highest BCUT2D eigenvalue weighted by molar-refractivity contribution is 6.32. The summed E-state index contributed by atoms with van der Waals surface area (Å²) in [7, 11) is 0. The molecule has 2 atom stereocenters. The second-order valence-corrected chi connectivity index (χ2v) is 17.9. The Kier molecular flexibility index (Phi) is 11.7. The number of β-amino-alcohol motifs (C(OH)–C–C–N with tert-alkyl or cyclic N) is 2. The summed E-state index contributed by atoms with van der Waals surface area (Å²) >= 11 is 13.3. The van der Waals surface area contributed by atoms with Crippen molar-refractivity contribution in [2.24, 2.45) is 0 Å². The number of rotatable bonds is 12. The molecule has 2 saturated heterocycles. The van der Waals surface area contributed by atoms with Gasteiger partial charge in [-0.25, -0.2) is 8.78 Å². The molecule has 0 spiro atoms. The van der Waals surface area contributed by atoms with Crippen molar-refractivity contribution in [3.8, 4) is 22.5 Å². The van der Waals surface area contributed by atoms with Crippen LogP contribution < -0.4 is 10.6 Å². The van der Waals surface area contributed by atoms with Crippen LogP contribution in [0, 0.1) is 11.6 Å². The van der Waals surface area contributed by atoms with Gasteiger partial charge in [-0.2, -0.15) is 0 Å². The molecule has 2 unspecified atom stereocenters. The number of nitrogens with one attached hydrogen (secondary N) is 4. The predicted molar refractivity (Wildman–Crippen MR) is 239 cm³/mol. The third-order valence-corrected chi connectivity index (χ3v) is 14.2. The second kappa shape index (κ2) is 17.4. The number of Topliss-reactive ketones (excluding diaryl/α,β-unsaturated/α-hetero) is 1. The molecule has 4 aliphatic rings. The Hall–Kier alpha value is -4.25. The maximum atomic E-state index is 15.6. The number of aliphatic hydroxyl groups is 2. The molecule has 11 nitrogen and oxygen atoms in total. The summed E-state index contributed by atoms with van der Waals surface area (Å²) in [4.78, 5) is 31.3. The van der Waals surface area contributed by atoms with Crippen LogP contribution in [0.4, 0.5) is 8.78 Å². The van der Waals surface area contributed by atoms with Gasteiger partial charge < -0.3 is 20.2 Å². The fourth-order valence-electron chi connectivity index (χ4n) is 10.1. The van der Waals surface area contributed by atoms with E-state index in [1.165, 1.54) is 12.1 Å². The molecule has 0 radical (unpaired) electrons. The van der Waals surface area contributed by atoms with Gasteiger partial charge in [0.05, 0.1) is 35.3 Å². The maximum Gasteiger partial charge on any atom is 0.175 e. The van der Waals surface area contributed by atoms with Gasteiger partial charge in [0.15, 0.2) is 5.78 Å². The van der Waals surface area contributed by atoms with Crippen LogP contribution in [-0.2, 0) is 31.0 Å². The number of aromatic nitrogens is 2. The van der Waals surface area contributed by atoms with Crippen molar-refractivity contribution < 1.29 is 23.8 Å². The lowest BCUT2D eigenvalue weighted by Crippen LogP contribution is -2.46. The van der Waals surface area contributed by atoms with Crippen molar-refractivity contribution in [3.63, 3.8) is 0 Å². The lowest BCUT2D eigenvalue weighted by Gasteiger charge is -2.34. The molecule has 10 rings (SSSR count). The molecule has 2 aromatic heterocycles. The van der Waals surface area contributed by atoms with Crippen LogP contribution in [0.15, 0.2) is 60.7 Å². The van der Waals surface area contributed by atoms with Gasteiger partial charge in [0.1, 0.15) is 11.6 Å². The zero-order valence-electron chi connectivity index (χ0n) is 34.3. The number of fused-ring (bicyclic) bond motifs is 4. The maximum absolute atomic E-state index is 15.6. The molecule has 324 valence electrons. The van der Waals surface area contributed by atoms with Crippen LogP contribution in [0.5, 0.6) is 0 Å². The highest BCUT2D eigenvalue weighted by atomic mass is 35.5. The molecule has 0 aliphatic carbocycles. The van der Waals surface area contributed by atoms with Crippen LogP contribution in [0.1, 0.15) is 45.5 Å². The number of piperazine rings is 2. The minimum absolute atomic E-state index is 0.0176. The summed E-state index contributed by atoms with van der Waals surface area (Å²) in [6.45, 7) is 11.1. The lowest BCUT2D eigenvalue weighted by molar-refractivity contribution is -0.123. The SMILES string of the molecule is O=C(C1NCc2c(Cl)c(F)cc(-c3cc4cc(CN5CCN(CCO)CC5)ccc4[nH]3)c21)C1NCc2c(Cl)c(F)cc(-c3cc4cc(CN5CCN(CCO)CC5)ccc4[nH]3)c21. The number of carbonyl (C=O) groups is 1. The van der Waals surface area contributed by atoms with E-state index in [1.54, 1.807) is 0 Å². The van der Waals surface area contributed by atoms with Gasteiger partial charge in [-0.15, -0.1) is 0 Å². The average Bonchev–Trinajstić information content (AvgIpc) is 4.10. The summed E-state index contributed by atoms with van der Waals surface area (Å²) in [6.07, 6.45) is 0. The van der Waals surface area contributed by atoms with Crippen LogP contribution >= 0.6 is 23.2 Å². The predicted octanol–water partition coefficient (Wildman–Crippen LogP) is 6.35. The first-order valence-corrected chi connectivity index (χ1v) is 22.3.